The highest BCUT2D eigenvalue weighted by Crippen LogP contribution is 2.27. The molecule has 2 aliphatic rings. The standard InChI is InChI=1S/C20H20ClFN4S.C20H20F2N4S/c21-17-3-1-2-16(14-17)19-23-20(27-24-19)26-12-10-25(11-13-26)9-8-15-4-6-18(22)7-5-15;21-17-6-4-15(5-7-17)8-9-25-10-12-26(13-11-25)20-23-19(24-27-20)16-2-1-3-18(22)14-16/h2*1-7,14H,8-13H2. The zero-order valence-corrected chi connectivity index (χ0v) is 32.0. The Balaban J connectivity index is 0.000000167. The Labute approximate surface area is 326 Å². The van der Waals surface area contributed by atoms with Crippen molar-refractivity contribution in [3.63, 3.8) is 0 Å². The first-order valence-electron chi connectivity index (χ1n) is 18.0. The quantitative estimate of drug-likeness (QED) is 0.138. The predicted octanol–water partition coefficient (Wildman–Crippen LogP) is 8.21. The van der Waals surface area contributed by atoms with Gasteiger partial charge in [-0.05, 0) is 72.5 Å². The van der Waals surface area contributed by atoms with Crippen molar-refractivity contribution in [3.8, 4) is 22.8 Å². The predicted molar refractivity (Wildman–Crippen MR) is 213 cm³/mol. The highest BCUT2D eigenvalue weighted by Gasteiger charge is 2.22. The van der Waals surface area contributed by atoms with E-state index >= 15 is 0 Å². The van der Waals surface area contributed by atoms with E-state index in [9.17, 15) is 13.2 Å². The van der Waals surface area contributed by atoms with Crippen molar-refractivity contribution in [3.05, 3.63) is 131 Å². The maximum atomic E-state index is 13.4. The first-order valence-corrected chi connectivity index (χ1v) is 19.9. The third-order valence-electron chi connectivity index (χ3n) is 9.54. The average Bonchev–Trinajstić information content (AvgIpc) is 3.90. The molecule has 0 amide bonds. The molecule has 6 aromatic rings. The van der Waals surface area contributed by atoms with Crippen LogP contribution in [0.2, 0.25) is 5.02 Å². The summed E-state index contributed by atoms with van der Waals surface area (Å²) in [5.74, 6) is 0.659. The fourth-order valence-corrected chi connectivity index (χ4v) is 8.05. The monoisotopic (exact) mass is 788 g/mol. The lowest BCUT2D eigenvalue weighted by atomic mass is 10.1. The second-order valence-corrected chi connectivity index (χ2v) is 15.1. The van der Waals surface area contributed by atoms with E-state index in [1.54, 1.807) is 6.07 Å². The van der Waals surface area contributed by atoms with E-state index < -0.39 is 0 Å². The molecule has 2 fully saturated rings. The minimum Gasteiger partial charge on any atom is -0.344 e. The topological polar surface area (TPSA) is 64.5 Å². The summed E-state index contributed by atoms with van der Waals surface area (Å²) in [7, 11) is 0. The molecule has 0 atom stereocenters. The van der Waals surface area contributed by atoms with Crippen molar-refractivity contribution in [2.24, 2.45) is 0 Å². The molecule has 4 heterocycles. The number of piperazine rings is 2. The molecule has 280 valence electrons. The molecule has 0 radical (unpaired) electrons. The third kappa shape index (κ3) is 10.4. The third-order valence-corrected chi connectivity index (χ3v) is 11.3. The molecule has 0 bridgehead atoms. The molecule has 0 saturated carbocycles. The van der Waals surface area contributed by atoms with Crippen LogP contribution in [0.15, 0.2) is 97.1 Å². The number of aromatic nitrogens is 4. The van der Waals surface area contributed by atoms with Gasteiger partial charge in [-0.3, -0.25) is 9.80 Å². The van der Waals surface area contributed by atoms with E-state index in [0.717, 1.165) is 106 Å². The van der Waals surface area contributed by atoms with Crippen LogP contribution in [0.25, 0.3) is 22.8 Å². The Morgan fingerprint density at radius 2 is 0.963 bits per heavy atom. The molecule has 0 N–H and O–H groups in total. The summed E-state index contributed by atoms with van der Waals surface area (Å²) >= 11 is 8.86. The molecular weight excluding hydrogens is 749 g/mol. The van der Waals surface area contributed by atoms with E-state index in [1.807, 2.05) is 54.6 Å². The molecule has 54 heavy (non-hydrogen) atoms. The smallest absolute Gasteiger partial charge is 0.205 e. The second kappa shape index (κ2) is 18.3. The summed E-state index contributed by atoms with van der Waals surface area (Å²) in [5, 5.41) is 2.54. The lowest BCUT2D eigenvalue weighted by Gasteiger charge is -2.34. The van der Waals surface area contributed by atoms with Crippen molar-refractivity contribution in [1.29, 1.82) is 0 Å². The van der Waals surface area contributed by atoms with Gasteiger partial charge in [0, 0.05) is 105 Å². The van der Waals surface area contributed by atoms with E-state index in [4.69, 9.17) is 16.6 Å². The van der Waals surface area contributed by atoms with Gasteiger partial charge in [0.2, 0.25) is 10.3 Å². The SMILES string of the molecule is Fc1ccc(CCN2CCN(c3nc(-c4cccc(Cl)c4)ns3)CC2)cc1.Fc1ccc(CCN2CCN(c3nc(-c4cccc(F)c4)ns3)CC2)cc1. The first kappa shape index (κ1) is 37.9. The zero-order valence-electron chi connectivity index (χ0n) is 29.6. The summed E-state index contributed by atoms with van der Waals surface area (Å²) in [6.07, 6.45) is 1.86. The van der Waals surface area contributed by atoms with E-state index in [1.165, 1.54) is 65.0 Å². The van der Waals surface area contributed by atoms with Gasteiger partial charge in [0.25, 0.3) is 0 Å². The summed E-state index contributed by atoms with van der Waals surface area (Å²) in [5.41, 5.74) is 3.98. The van der Waals surface area contributed by atoms with E-state index in [2.05, 4.69) is 33.3 Å². The van der Waals surface area contributed by atoms with Crippen LogP contribution in [0.1, 0.15) is 11.1 Å². The molecular formula is C40H40ClF3N8S2. The number of rotatable bonds is 10. The molecule has 0 unspecified atom stereocenters. The second-order valence-electron chi connectivity index (χ2n) is 13.2. The Kier molecular flexibility index (Phi) is 12.8. The molecule has 0 spiro atoms. The van der Waals surface area contributed by atoms with Crippen LogP contribution in [0.3, 0.4) is 0 Å². The van der Waals surface area contributed by atoms with Gasteiger partial charge in [0.15, 0.2) is 11.6 Å². The number of hydrogen-bond donors (Lipinski definition) is 0. The summed E-state index contributed by atoms with van der Waals surface area (Å²) in [6, 6.07) is 27.5. The maximum Gasteiger partial charge on any atom is 0.205 e. The Bertz CT molecular complexity index is 1930. The van der Waals surface area contributed by atoms with Gasteiger partial charge < -0.3 is 9.80 Å². The fourth-order valence-electron chi connectivity index (χ4n) is 6.38. The van der Waals surface area contributed by atoms with Gasteiger partial charge >= 0.3 is 0 Å². The van der Waals surface area contributed by atoms with Crippen LogP contribution < -0.4 is 9.80 Å². The van der Waals surface area contributed by atoms with Gasteiger partial charge in [-0.25, -0.2) is 13.2 Å². The average molecular weight is 789 g/mol. The molecule has 8 nitrogen and oxygen atoms in total. The Morgan fingerprint density at radius 1 is 0.519 bits per heavy atom. The van der Waals surface area contributed by atoms with Gasteiger partial charge in [-0.2, -0.15) is 18.7 Å². The zero-order chi connectivity index (χ0) is 37.3. The Hall–Kier alpha value is -4.40. The summed E-state index contributed by atoms with van der Waals surface area (Å²) < 4.78 is 48.2. The fraction of sp³-hybridized carbons (Fsp3) is 0.300. The molecule has 4 aromatic carbocycles. The number of hydrogen-bond acceptors (Lipinski definition) is 10. The van der Waals surface area contributed by atoms with Crippen LogP contribution in [0.4, 0.5) is 23.4 Å². The first-order chi connectivity index (χ1) is 26.3. The number of nitrogens with zero attached hydrogens (tertiary/aromatic N) is 8. The lowest BCUT2D eigenvalue weighted by molar-refractivity contribution is 0.261. The largest absolute Gasteiger partial charge is 0.344 e. The highest BCUT2D eigenvalue weighted by atomic mass is 35.5. The summed E-state index contributed by atoms with van der Waals surface area (Å²) in [6.45, 7) is 9.50. The van der Waals surface area contributed by atoms with Crippen LogP contribution in [-0.2, 0) is 12.8 Å². The van der Waals surface area contributed by atoms with Crippen molar-refractivity contribution in [2.75, 3.05) is 75.2 Å². The normalized spacial score (nSPS) is 15.3. The van der Waals surface area contributed by atoms with Crippen molar-refractivity contribution in [2.45, 2.75) is 12.8 Å². The van der Waals surface area contributed by atoms with Crippen molar-refractivity contribution < 1.29 is 13.2 Å². The summed E-state index contributed by atoms with van der Waals surface area (Å²) in [4.78, 5) is 18.7. The van der Waals surface area contributed by atoms with E-state index in [0.29, 0.717) is 16.4 Å². The minimum atomic E-state index is -0.279. The molecule has 14 heteroatoms. The molecule has 8 rings (SSSR count). The van der Waals surface area contributed by atoms with Crippen LogP contribution in [-0.4, -0.2) is 94.0 Å². The van der Waals surface area contributed by atoms with Gasteiger partial charge in [-0.15, -0.1) is 0 Å². The molecule has 2 aliphatic heterocycles. The number of anilines is 2. The van der Waals surface area contributed by atoms with Crippen molar-refractivity contribution in [1.82, 2.24) is 28.5 Å². The lowest BCUT2D eigenvalue weighted by Crippen LogP contribution is -2.47. The number of halogens is 4. The van der Waals surface area contributed by atoms with Gasteiger partial charge in [0.1, 0.15) is 17.5 Å². The molecule has 2 aromatic heterocycles. The maximum absolute atomic E-state index is 13.4. The molecule has 2 saturated heterocycles. The van der Waals surface area contributed by atoms with Crippen LogP contribution in [0, 0.1) is 17.5 Å². The molecule has 0 aliphatic carbocycles. The van der Waals surface area contributed by atoms with Crippen LogP contribution in [0.5, 0.6) is 0 Å². The van der Waals surface area contributed by atoms with Gasteiger partial charge in [-0.1, -0.05) is 60.1 Å². The number of benzene rings is 4. The van der Waals surface area contributed by atoms with Crippen molar-refractivity contribution >= 4 is 44.9 Å². The minimum absolute atomic E-state index is 0.179. The Morgan fingerprint density at radius 3 is 1.41 bits per heavy atom. The highest BCUT2D eigenvalue weighted by molar-refractivity contribution is 7.10. The van der Waals surface area contributed by atoms with E-state index in [-0.39, 0.29) is 17.5 Å². The van der Waals surface area contributed by atoms with Crippen LogP contribution >= 0.6 is 34.7 Å². The van der Waals surface area contributed by atoms with Gasteiger partial charge in [0.05, 0.1) is 0 Å².